The van der Waals surface area contributed by atoms with Crippen molar-refractivity contribution in [2.24, 2.45) is 0 Å². The number of halogens is 2. The zero-order chi connectivity index (χ0) is 19.3. The lowest BCUT2D eigenvalue weighted by Gasteiger charge is -2.11. The molecule has 0 fully saturated rings. The van der Waals surface area contributed by atoms with Gasteiger partial charge in [0.1, 0.15) is 0 Å². The van der Waals surface area contributed by atoms with Crippen LogP contribution in [-0.2, 0) is 4.79 Å². The zero-order valence-electron chi connectivity index (χ0n) is 14.2. The van der Waals surface area contributed by atoms with Gasteiger partial charge in [-0.3, -0.25) is 14.4 Å². The highest BCUT2D eigenvalue weighted by Gasteiger charge is 2.11. The highest BCUT2D eigenvalue weighted by Crippen LogP contribution is 2.20. The van der Waals surface area contributed by atoms with Gasteiger partial charge in [-0.05, 0) is 42.5 Å². The Labute approximate surface area is 161 Å². The van der Waals surface area contributed by atoms with Crippen molar-refractivity contribution < 1.29 is 14.4 Å². The molecule has 3 amide bonds. The van der Waals surface area contributed by atoms with E-state index in [0.29, 0.717) is 26.9 Å². The summed E-state index contributed by atoms with van der Waals surface area (Å²) in [5, 5.41) is 5.95. The first-order chi connectivity index (χ1) is 12.3. The van der Waals surface area contributed by atoms with Crippen molar-refractivity contribution in [3.05, 3.63) is 63.6 Å². The number of carbonyl (C=O) groups excluding carboxylic acids is 3. The largest absolute Gasteiger partial charge is 0.347 e. The predicted octanol–water partition coefficient (Wildman–Crippen LogP) is 3.06. The molecule has 2 N–H and O–H groups in total. The van der Waals surface area contributed by atoms with Crippen molar-refractivity contribution in [2.75, 3.05) is 26.0 Å². The van der Waals surface area contributed by atoms with E-state index in [1.807, 2.05) is 0 Å². The Morgan fingerprint density at radius 3 is 2.00 bits per heavy atom. The van der Waals surface area contributed by atoms with Gasteiger partial charge in [0.2, 0.25) is 5.91 Å². The number of benzene rings is 2. The van der Waals surface area contributed by atoms with Gasteiger partial charge in [-0.15, -0.1) is 0 Å². The minimum Gasteiger partial charge on any atom is -0.347 e. The first kappa shape index (κ1) is 19.8. The molecule has 2 rings (SSSR count). The number of amides is 3. The number of hydrogen-bond acceptors (Lipinski definition) is 3. The Morgan fingerprint density at radius 1 is 0.885 bits per heavy atom. The number of anilines is 1. The molecule has 0 heterocycles. The molecule has 0 atom stereocenters. The van der Waals surface area contributed by atoms with E-state index in [1.165, 1.54) is 23.1 Å². The van der Waals surface area contributed by atoms with Gasteiger partial charge in [-0.25, -0.2) is 0 Å². The molecule has 0 unspecified atom stereocenters. The maximum Gasteiger partial charge on any atom is 0.255 e. The minimum atomic E-state index is -0.375. The van der Waals surface area contributed by atoms with E-state index in [-0.39, 0.29) is 24.3 Å². The molecule has 0 saturated carbocycles. The Balaban J connectivity index is 1.99. The number of hydrogen-bond donors (Lipinski definition) is 2. The number of nitrogens with one attached hydrogen (secondary N) is 2. The SMILES string of the molecule is CN(C)C(=O)CNC(=O)c1ccc(NC(=O)c2cc(Cl)cc(Cl)c2)cc1. The average molecular weight is 394 g/mol. The summed E-state index contributed by atoms with van der Waals surface area (Å²) in [6.45, 7) is -0.0835. The lowest BCUT2D eigenvalue weighted by molar-refractivity contribution is -0.127. The van der Waals surface area contributed by atoms with Gasteiger partial charge in [0.15, 0.2) is 0 Å². The fourth-order valence-corrected chi connectivity index (χ4v) is 2.54. The van der Waals surface area contributed by atoms with Crippen molar-refractivity contribution in [3.8, 4) is 0 Å². The highest BCUT2D eigenvalue weighted by molar-refractivity contribution is 6.35. The van der Waals surface area contributed by atoms with Crippen molar-refractivity contribution in [1.29, 1.82) is 0 Å². The molecular formula is C18H17Cl2N3O3. The van der Waals surface area contributed by atoms with Crippen LogP contribution in [0, 0.1) is 0 Å². The van der Waals surface area contributed by atoms with E-state index in [9.17, 15) is 14.4 Å². The maximum atomic E-state index is 12.2. The summed E-state index contributed by atoms with van der Waals surface area (Å²) in [4.78, 5) is 37.1. The van der Waals surface area contributed by atoms with Gasteiger partial charge < -0.3 is 15.5 Å². The molecule has 2 aromatic carbocycles. The van der Waals surface area contributed by atoms with E-state index in [1.54, 1.807) is 38.4 Å². The molecule has 8 heteroatoms. The molecule has 136 valence electrons. The summed E-state index contributed by atoms with van der Waals surface area (Å²) >= 11 is 11.8. The van der Waals surface area contributed by atoms with Gasteiger partial charge in [0.25, 0.3) is 11.8 Å². The normalized spacial score (nSPS) is 10.2. The van der Waals surface area contributed by atoms with Gasteiger partial charge in [-0.2, -0.15) is 0 Å². The fraction of sp³-hybridized carbons (Fsp3) is 0.167. The Bertz CT molecular complexity index is 816. The Kier molecular flexibility index (Phi) is 6.60. The maximum absolute atomic E-state index is 12.2. The third-order valence-electron chi connectivity index (χ3n) is 3.43. The zero-order valence-corrected chi connectivity index (χ0v) is 15.7. The van der Waals surface area contributed by atoms with Gasteiger partial charge in [0, 0.05) is 41.0 Å². The van der Waals surface area contributed by atoms with Crippen molar-refractivity contribution in [2.45, 2.75) is 0 Å². The molecule has 26 heavy (non-hydrogen) atoms. The summed E-state index contributed by atoms with van der Waals surface area (Å²) in [6.07, 6.45) is 0. The van der Waals surface area contributed by atoms with Crippen LogP contribution in [0.25, 0.3) is 0 Å². The van der Waals surface area contributed by atoms with Crippen LogP contribution in [0.4, 0.5) is 5.69 Å². The second kappa shape index (κ2) is 8.69. The molecule has 0 aliphatic heterocycles. The average Bonchev–Trinajstić information content (AvgIpc) is 2.59. The van der Waals surface area contributed by atoms with Crippen LogP contribution in [0.1, 0.15) is 20.7 Å². The van der Waals surface area contributed by atoms with Gasteiger partial charge in [-0.1, -0.05) is 23.2 Å². The van der Waals surface area contributed by atoms with Crippen molar-refractivity contribution in [1.82, 2.24) is 10.2 Å². The van der Waals surface area contributed by atoms with Gasteiger partial charge in [0.05, 0.1) is 6.54 Å². The third kappa shape index (κ3) is 5.47. The van der Waals surface area contributed by atoms with E-state index >= 15 is 0 Å². The van der Waals surface area contributed by atoms with E-state index in [4.69, 9.17) is 23.2 Å². The molecule has 0 aliphatic rings. The number of rotatable bonds is 5. The second-order valence-corrected chi connectivity index (χ2v) is 6.53. The third-order valence-corrected chi connectivity index (χ3v) is 3.87. The topological polar surface area (TPSA) is 78.5 Å². The molecule has 0 spiro atoms. The lowest BCUT2D eigenvalue weighted by Crippen LogP contribution is -2.36. The molecule has 0 saturated heterocycles. The second-order valence-electron chi connectivity index (χ2n) is 5.66. The summed E-state index contributed by atoms with van der Waals surface area (Å²) < 4.78 is 0. The van der Waals surface area contributed by atoms with Crippen LogP contribution in [-0.4, -0.2) is 43.3 Å². The number of likely N-dealkylation sites (N-methyl/N-ethyl adjacent to an activating group) is 1. The predicted molar refractivity (Wildman–Crippen MR) is 102 cm³/mol. The fourth-order valence-electron chi connectivity index (χ4n) is 2.01. The summed E-state index contributed by atoms with van der Waals surface area (Å²) in [6, 6.07) is 10.8. The molecule has 2 aromatic rings. The van der Waals surface area contributed by atoms with Crippen LogP contribution in [0.15, 0.2) is 42.5 Å². The number of carbonyl (C=O) groups is 3. The quantitative estimate of drug-likeness (QED) is 0.818. The summed E-state index contributed by atoms with van der Waals surface area (Å²) in [5.41, 5.74) is 1.21. The van der Waals surface area contributed by atoms with Crippen molar-refractivity contribution >= 4 is 46.6 Å². The van der Waals surface area contributed by atoms with Crippen molar-refractivity contribution in [3.63, 3.8) is 0 Å². The molecule has 0 aromatic heterocycles. The smallest absolute Gasteiger partial charge is 0.255 e. The van der Waals surface area contributed by atoms with Crippen LogP contribution >= 0.6 is 23.2 Å². The van der Waals surface area contributed by atoms with Crippen LogP contribution < -0.4 is 10.6 Å². The molecule has 6 nitrogen and oxygen atoms in total. The molecular weight excluding hydrogens is 377 g/mol. The molecule has 0 radical (unpaired) electrons. The van der Waals surface area contributed by atoms with E-state index < -0.39 is 0 Å². The Morgan fingerprint density at radius 2 is 1.46 bits per heavy atom. The standard InChI is InChI=1S/C18H17Cl2N3O3/c1-23(2)16(24)10-21-17(25)11-3-5-15(6-4-11)22-18(26)12-7-13(19)9-14(20)8-12/h3-9H,10H2,1-2H3,(H,21,25)(H,22,26). The van der Waals surface area contributed by atoms with Gasteiger partial charge >= 0.3 is 0 Å². The number of nitrogens with zero attached hydrogens (tertiary/aromatic N) is 1. The monoisotopic (exact) mass is 393 g/mol. The van der Waals surface area contributed by atoms with Crippen LogP contribution in [0.5, 0.6) is 0 Å². The van der Waals surface area contributed by atoms with E-state index in [0.717, 1.165) is 0 Å². The molecule has 0 bridgehead atoms. The van der Waals surface area contributed by atoms with Crippen LogP contribution in [0.2, 0.25) is 10.0 Å². The van der Waals surface area contributed by atoms with Crippen LogP contribution in [0.3, 0.4) is 0 Å². The minimum absolute atomic E-state index is 0.0835. The highest BCUT2D eigenvalue weighted by atomic mass is 35.5. The lowest BCUT2D eigenvalue weighted by atomic mass is 10.1. The Hall–Kier alpha value is -2.57. The summed E-state index contributed by atoms with van der Waals surface area (Å²) in [7, 11) is 3.22. The van der Waals surface area contributed by atoms with E-state index in [2.05, 4.69) is 10.6 Å². The first-order valence-corrected chi connectivity index (χ1v) is 8.37. The summed E-state index contributed by atoms with van der Waals surface area (Å²) in [5.74, 6) is -0.953. The first-order valence-electron chi connectivity index (χ1n) is 7.62. The molecule has 0 aliphatic carbocycles.